The van der Waals surface area contributed by atoms with E-state index < -0.39 is 0 Å². The molecule has 2 amide bonds. The van der Waals surface area contributed by atoms with Gasteiger partial charge >= 0.3 is 0 Å². The molecule has 192 valence electrons. The summed E-state index contributed by atoms with van der Waals surface area (Å²) in [6.45, 7) is 3.35. The highest BCUT2D eigenvalue weighted by Crippen LogP contribution is 2.30. The molecular weight excluding hydrogens is 502 g/mol. The van der Waals surface area contributed by atoms with Crippen LogP contribution in [0.5, 0.6) is 5.75 Å². The summed E-state index contributed by atoms with van der Waals surface area (Å²) in [5.74, 6) is 0.0214. The third-order valence-electron chi connectivity index (χ3n) is 5.87. The molecular formula is C28H25N5O4S. The summed E-state index contributed by atoms with van der Waals surface area (Å²) < 4.78 is 7.05. The molecule has 3 aromatic carbocycles. The number of H-pyrrole nitrogens is 1. The Kier molecular flexibility index (Phi) is 6.89. The van der Waals surface area contributed by atoms with Crippen molar-refractivity contribution in [1.29, 1.82) is 0 Å². The first kappa shape index (κ1) is 25.1. The first-order valence-corrected chi connectivity index (χ1v) is 12.8. The zero-order valence-corrected chi connectivity index (χ0v) is 21.8. The summed E-state index contributed by atoms with van der Waals surface area (Å²) >= 11 is 1.15. The van der Waals surface area contributed by atoms with Gasteiger partial charge in [0.2, 0.25) is 11.8 Å². The van der Waals surface area contributed by atoms with Gasteiger partial charge in [0.1, 0.15) is 16.8 Å². The molecule has 10 heteroatoms. The maximum atomic E-state index is 13.8. The van der Waals surface area contributed by atoms with Gasteiger partial charge in [0.25, 0.3) is 5.56 Å². The number of nitrogens with zero attached hydrogens (tertiary/aromatic N) is 2. The lowest BCUT2D eigenvalue weighted by molar-refractivity contribution is -0.114. The number of fused-ring (bicyclic) bond motifs is 3. The summed E-state index contributed by atoms with van der Waals surface area (Å²) in [6, 6.07) is 20.0. The number of anilines is 2. The number of carbonyl (C=O) groups excluding carboxylic acids is 2. The first-order valence-electron chi connectivity index (χ1n) is 11.8. The molecule has 0 saturated carbocycles. The van der Waals surface area contributed by atoms with Gasteiger partial charge in [0, 0.05) is 29.2 Å². The Morgan fingerprint density at radius 3 is 2.55 bits per heavy atom. The topological polar surface area (TPSA) is 118 Å². The van der Waals surface area contributed by atoms with Crippen LogP contribution in [0.4, 0.5) is 11.4 Å². The molecule has 0 atom stereocenters. The maximum Gasteiger partial charge on any atom is 0.283 e. The zero-order chi connectivity index (χ0) is 26.8. The molecule has 38 heavy (non-hydrogen) atoms. The lowest BCUT2D eigenvalue weighted by atomic mass is 10.2. The van der Waals surface area contributed by atoms with Gasteiger partial charge < -0.3 is 20.4 Å². The van der Waals surface area contributed by atoms with E-state index in [2.05, 4.69) is 15.6 Å². The van der Waals surface area contributed by atoms with E-state index >= 15 is 0 Å². The fourth-order valence-corrected chi connectivity index (χ4v) is 5.03. The van der Waals surface area contributed by atoms with Crippen molar-refractivity contribution in [3.63, 3.8) is 0 Å². The number of methoxy groups -OCH3 is 1. The molecule has 0 bridgehead atoms. The van der Waals surface area contributed by atoms with Crippen LogP contribution in [0.2, 0.25) is 0 Å². The van der Waals surface area contributed by atoms with E-state index in [0.29, 0.717) is 39.0 Å². The van der Waals surface area contributed by atoms with Crippen molar-refractivity contribution >= 4 is 56.9 Å². The van der Waals surface area contributed by atoms with E-state index in [0.717, 1.165) is 28.2 Å². The highest BCUT2D eigenvalue weighted by molar-refractivity contribution is 7.99. The average Bonchev–Trinajstić information content (AvgIpc) is 3.26. The summed E-state index contributed by atoms with van der Waals surface area (Å²) in [4.78, 5) is 46.1. The van der Waals surface area contributed by atoms with E-state index in [9.17, 15) is 14.4 Å². The molecule has 0 saturated heterocycles. The number of aromatic nitrogens is 3. The third kappa shape index (κ3) is 4.98. The molecule has 0 aliphatic rings. The fourth-order valence-electron chi connectivity index (χ4n) is 4.23. The summed E-state index contributed by atoms with van der Waals surface area (Å²) in [6.07, 6.45) is 0. The molecule has 0 aliphatic carbocycles. The highest BCUT2D eigenvalue weighted by atomic mass is 32.2. The van der Waals surface area contributed by atoms with Crippen LogP contribution in [0.15, 0.2) is 76.7 Å². The van der Waals surface area contributed by atoms with Crippen molar-refractivity contribution < 1.29 is 14.3 Å². The Bertz CT molecular complexity index is 1760. The van der Waals surface area contributed by atoms with Crippen LogP contribution in [-0.2, 0) is 9.59 Å². The van der Waals surface area contributed by atoms with E-state index in [1.165, 1.54) is 11.5 Å². The molecule has 9 nitrogen and oxygen atoms in total. The van der Waals surface area contributed by atoms with Gasteiger partial charge in [-0.25, -0.2) is 9.55 Å². The summed E-state index contributed by atoms with van der Waals surface area (Å²) in [5.41, 5.74) is 4.02. The van der Waals surface area contributed by atoms with Crippen molar-refractivity contribution in [1.82, 2.24) is 14.5 Å². The Labute approximate surface area is 222 Å². The second-order valence-corrected chi connectivity index (χ2v) is 9.65. The molecule has 0 fully saturated rings. The van der Waals surface area contributed by atoms with Crippen molar-refractivity contribution in [2.75, 3.05) is 23.5 Å². The quantitative estimate of drug-likeness (QED) is 0.205. The monoisotopic (exact) mass is 527 g/mol. The Morgan fingerprint density at radius 1 is 1.03 bits per heavy atom. The standard InChI is InChI=1S/C28H25N5O4S/c1-16-11-12-23(37-3)22(13-16)33-27(36)26-25(20-9-4-5-10-21(20)31-26)32-28(33)38-15-24(35)30-19-8-6-7-18(14-19)29-17(2)34/h4-14,31H,15H2,1-3H3,(H,29,34)(H,30,35). The van der Waals surface area contributed by atoms with Crippen molar-refractivity contribution in [2.24, 2.45) is 0 Å². The van der Waals surface area contributed by atoms with Gasteiger partial charge in [-0.2, -0.15) is 0 Å². The normalized spacial score (nSPS) is 11.0. The number of carbonyl (C=O) groups is 2. The van der Waals surface area contributed by atoms with Crippen LogP contribution in [0.1, 0.15) is 12.5 Å². The first-order chi connectivity index (χ1) is 18.3. The maximum absolute atomic E-state index is 13.8. The predicted molar refractivity (Wildman–Crippen MR) is 151 cm³/mol. The second kappa shape index (κ2) is 10.4. The van der Waals surface area contributed by atoms with E-state index in [-0.39, 0.29) is 23.1 Å². The Hall–Kier alpha value is -4.57. The summed E-state index contributed by atoms with van der Waals surface area (Å²) in [7, 11) is 1.55. The van der Waals surface area contributed by atoms with Crippen LogP contribution in [0.25, 0.3) is 27.6 Å². The lowest BCUT2D eigenvalue weighted by Gasteiger charge is -2.16. The molecule has 0 radical (unpaired) electrons. The number of ether oxygens (including phenoxy) is 1. The van der Waals surface area contributed by atoms with Gasteiger partial charge in [-0.3, -0.25) is 14.4 Å². The highest BCUT2D eigenvalue weighted by Gasteiger charge is 2.20. The van der Waals surface area contributed by atoms with Crippen LogP contribution in [0.3, 0.4) is 0 Å². The van der Waals surface area contributed by atoms with Gasteiger partial charge in [0.15, 0.2) is 5.16 Å². The number of amides is 2. The Balaban J connectivity index is 1.54. The van der Waals surface area contributed by atoms with Gasteiger partial charge in [-0.05, 0) is 48.9 Å². The number of hydrogen-bond acceptors (Lipinski definition) is 6. The zero-order valence-electron chi connectivity index (χ0n) is 21.0. The number of aryl methyl sites for hydroxylation is 1. The van der Waals surface area contributed by atoms with Crippen LogP contribution in [-0.4, -0.2) is 39.2 Å². The Morgan fingerprint density at radius 2 is 1.79 bits per heavy atom. The number of benzene rings is 3. The fraction of sp³-hybridized carbons (Fsp3) is 0.143. The minimum atomic E-state index is -0.291. The van der Waals surface area contributed by atoms with E-state index in [1.54, 1.807) is 37.4 Å². The van der Waals surface area contributed by atoms with Crippen molar-refractivity contribution in [3.05, 3.63) is 82.6 Å². The van der Waals surface area contributed by atoms with Crippen LogP contribution >= 0.6 is 11.8 Å². The molecule has 0 spiro atoms. The minimum absolute atomic E-state index is 0.00119. The molecule has 2 aromatic heterocycles. The van der Waals surface area contributed by atoms with Gasteiger partial charge in [-0.15, -0.1) is 0 Å². The number of hydrogen-bond donors (Lipinski definition) is 3. The average molecular weight is 528 g/mol. The number of para-hydroxylation sites is 1. The number of aromatic amines is 1. The third-order valence-corrected chi connectivity index (χ3v) is 6.81. The summed E-state index contributed by atoms with van der Waals surface area (Å²) in [5, 5.41) is 6.71. The molecule has 0 aliphatic heterocycles. The van der Waals surface area contributed by atoms with E-state index in [1.807, 2.05) is 43.3 Å². The van der Waals surface area contributed by atoms with Gasteiger partial charge in [-0.1, -0.05) is 42.1 Å². The molecule has 5 aromatic rings. The predicted octanol–water partition coefficient (Wildman–Crippen LogP) is 4.87. The molecule has 3 N–H and O–H groups in total. The number of rotatable bonds is 7. The van der Waals surface area contributed by atoms with Crippen molar-refractivity contribution in [2.45, 2.75) is 19.0 Å². The van der Waals surface area contributed by atoms with Crippen LogP contribution < -0.4 is 20.9 Å². The molecule has 2 heterocycles. The second-order valence-electron chi connectivity index (χ2n) is 8.70. The SMILES string of the molecule is COc1ccc(C)cc1-n1c(SCC(=O)Nc2cccc(NC(C)=O)c2)nc2c([nH]c3ccccc32)c1=O. The minimum Gasteiger partial charge on any atom is -0.495 e. The number of thioether (sulfide) groups is 1. The lowest BCUT2D eigenvalue weighted by Crippen LogP contribution is -2.23. The van der Waals surface area contributed by atoms with Crippen molar-refractivity contribution in [3.8, 4) is 11.4 Å². The smallest absolute Gasteiger partial charge is 0.283 e. The largest absolute Gasteiger partial charge is 0.495 e. The molecule has 0 unspecified atom stereocenters. The van der Waals surface area contributed by atoms with Crippen LogP contribution in [0, 0.1) is 6.92 Å². The molecule has 5 rings (SSSR count). The van der Waals surface area contributed by atoms with Gasteiger partial charge in [0.05, 0.1) is 18.6 Å². The van der Waals surface area contributed by atoms with E-state index in [4.69, 9.17) is 9.72 Å². The number of nitrogens with one attached hydrogen (secondary N) is 3.